The first-order valence-electron chi connectivity index (χ1n) is 29.9. The van der Waals surface area contributed by atoms with Crippen LogP contribution in [0.1, 0.15) is 213 Å². The molecule has 75 heavy (non-hydrogen) atoms. The third kappa shape index (κ3) is 28.4. The number of rotatable bonds is 41. The number of carbonyl (C=O) groups is 2. The molecule has 2 N–H and O–H groups in total. The Balaban J connectivity index is 1.43. The number of benzene rings is 3. The van der Waals surface area contributed by atoms with Crippen LogP contribution in [0.15, 0.2) is 91.0 Å². The smallest absolute Gasteiger partial charge is 0.407 e. The maximum Gasteiger partial charge on any atom is 0.407 e. The molecule has 1 heterocycles. The fraction of sp³-hybridized carbons (Fsp3) is 0.692. The number of nitrogens with one attached hydrogen (secondary N) is 2. The summed E-state index contributed by atoms with van der Waals surface area (Å²) in [6.45, 7) is 17.4. The number of hydrogen-bond donors (Lipinski definition) is 2. The minimum absolute atomic E-state index is 0.0101. The standard InChI is InChI=1S/C65H104N2O8/c1-8-9-10-11-12-13-14-15-17-20-23-35-44-59(71-48-56-40-31-27-32-41-56)62(72-49-57-42-33-28-34-43-57)58(50-73-63-54(4)52(2)53(3)60(74-63)51-70-47-55-38-29-26-30-39-55)67-61(68)45-36-24-21-18-16-19-22-25-37-46-66-64(69)75-65(5,6)7/h26-34,38-43,52-54,58-60,62-63H,8-25,35-37,44-51H2,1-7H3,(H,66,69)(H,67,68)/t52-,53+,54?,58-,59+,60?,62-,63-/m0/s1. The van der Waals surface area contributed by atoms with Crippen LogP contribution in [0.3, 0.4) is 0 Å². The molecule has 2 unspecified atom stereocenters. The van der Waals surface area contributed by atoms with E-state index in [1.165, 1.54) is 77.0 Å². The Hall–Kier alpha value is -3.80. The van der Waals surface area contributed by atoms with Crippen LogP contribution in [0, 0.1) is 17.8 Å². The van der Waals surface area contributed by atoms with E-state index < -0.39 is 24.0 Å². The Morgan fingerprint density at radius 1 is 0.573 bits per heavy atom. The quantitative estimate of drug-likeness (QED) is 0.0540. The molecule has 0 aliphatic carbocycles. The molecule has 0 saturated carbocycles. The summed E-state index contributed by atoms with van der Waals surface area (Å²) in [5.74, 6) is 0.737. The molecule has 0 spiro atoms. The van der Waals surface area contributed by atoms with Crippen molar-refractivity contribution in [2.24, 2.45) is 17.8 Å². The van der Waals surface area contributed by atoms with Crippen LogP contribution >= 0.6 is 0 Å². The second-order valence-corrected chi connectivity index (χ2v) is 22.8. The zero-order valence-electron chi connectivity index (χ0n) is 48.1. The van der Waals surface area contributed by atoms with Gasteiger partial charge in [0.1, 0.15) is 11.7 Å². The van der Waals surface area contributed by atoms with Crippen molar-refractivity contribution in [2.75, 3.05) is 19.8 Å². The SMILES string of the molecule is CCCCCCCCCCCCCC[C@@H](OCc1ccccc1)[C@@H](OCc1ccccc1)[C@H](CO[C@H]1OC(COCc2ccccc2)[C@H](C)[C@H](C)C1C)NC(=O)CCCCCCCCCCCNC(=O)OC(C)(C)C. The van der Waals surface area contributed by atoms with Crippen molar-refractivity contribution in [3.63, 3.8) is 0 Å². The highest BCUT2D eigenvalue weighted by Crippen LogP contribution is 2.36. The summed E-state index contributed by atoms with van der Waals surface area (Å²) in [5, 5.41) is 6.35. The van der Waals surface area contributed by atoms with Crippen molar-refractivity contribution in [1.82, 2.24) is 10.6 Å². The van der Waals surface area contributed by atoms with Gasteiger partial charge in [0.2, 0.25) is 5.91 Å². The lowest BCUT2D eigenvalue weighted by Crippen LogP contribution is -2.54. The molecule has 1 saturated heterocycles. The molecule has 0 bridgehead atoms. The Labute approximate surface area is 456 Å². The fourth-order valence-corrected chi connectivity index (χ4v) is 10.1. The summed E-state index contributed by atoms with van der Waals surface area (Å²) in [6, 6.07) is 30.5. The molecule has 8 atom stereocenters. The predicted molar refractivity (Wildman–Crippen MR) is 306 cm³/mol. The first-order chi connectivity index (χ1) is 36.4. The first-order valence-corrected chi connectivity index (χ1v) is 29.9. The first kappa shape index (κ1) is 63.7. The molecule has 4 rings (SSSR count). The normalized spacial score (nSPS) is 19.1. The highest BCUT2D eigenvalue weighted by atomic mass is 16.7. The third-order valence-corrected chi connectivity index (χ3v) is 15.1. The Bertz CT molecular complexity index is 1860. The number of ether oxygens (including phenoxy) is 6. The molecule has 3 aromatic carbocycles. The number of amides is 2. The van der Waals surface area contributed by atoms with E-state index in [1.54, 1.807) is 0 Å². The summed E-state index contributed by atoms with van der Waals surface area (Å²) < 4.78 is 39.4. The molecule has 1 fully saturated rings. The second-order valence-electron chi connectivity index (χ2n) is 22.8. The van der Waals surface area contributed by atoms with E-state index in [0.717, 1.165) is 80.9 Å². The molecule has 1 aliphatic rings. The Morgan fingerprint density at radius 3 is 1.59 bits per heavy atom. The average Bonchev–Trinajstić information content (AvgIpc) is 3.40. The van der Waals surface area contributed by atoms with Crippen molar-refractivity contribution in [3.05, 3.63) is 108 Å². The maximum absolute atomic E-state index is 14.2. The lowest BCUT2D eigenvalue weighted by Gasteiger charge is -2.44. The van der Waals surface area contributed by atoms with Crippen molar-refractivity contribution >= 4 is 12.0 Å². The van der Waals surface area contributed by atoms with Crippen molar-refractivity contribution in [3.8, 4) is 0 Å². The van der Waals surface area contributed by atoms with Crippen LogP contribution in [0.4, 0.5) is 4.79 Å². The monoisotopic (exact) mass is 1040 g/mol. The van der Waals surface area contributed by atoms with Gasteiger partial charge in [-0.2, -0.15) is 0 Å². The number of hydrogen-bond acceptors (Lipinski definition) is 8. The zero-order chi connectivity index (χ0) is 53.8. The van der Waals surface area contributed by atoms with E-state index in [4.69, 9.17) is 28.4 Å². The van der Waals surface area contributed by atoms with Gasteiger partial charge in [-0.3, -0.25) is 4.79 Å². The van der Waals surface area contributed by atoms with E-state index in [2.05, 4.69) is 86.9 Å². The van der Waals surface area contributed by atoms with Crippen LogP contribution in [-0.2, 0) is 53.0 Å². The lowest BCUT2D eigenvalue weighted by molar-refractivity contribution is -0.262. The molecule has 422 valence electrons. The minimum atomic E-state index is -0.489. The summed E-state index contributed by atoms with van der Waals surface area (Å²) in [5.41, 5.74) is 2.83. The zero-order valence-corrected chi connectivity index (χ0v) is 48.1. The van der Waals surface area contributed by atoms with Gasteiger partial charge in [0.15, 0.2) is 6.29 Å². The molecule has 10 heteroatoms. The van der Waals surface area contributed by atoms with Gasteiger partial charge in [-0.25, -0.2) is 4.79 Å². The van der Waals surface area contributed by atoms with Gasteiger partial charge >= 0.3 is 6.09 Å². The summed E-state index contributed by atoms with van der Waals surface area (Å²) >= 11 is 0. The lowest BCUT2D eigenvalue weighted by atomic mass is 9.79. The number of unbranched alkanes of at least 4 members (excludes halogenated alkanes) is 19. The van der Waals surface area contributed by atoms with Gasteiger partial charge in [0.05, 0.1) is 51.3 Å². The molecule has 10 nitrogen and oxygen atoms in total. The Kier molecular flexibility index (Phi) is 32.9. The third-order valence-electron chi connectivity index (χ3n) is 15.1. The van der Waals surface area contributed by atoms with Gasteiger partial charge < -0.3 is 39.1 Å². The van der Waals surface area contributed by atoms with Crippen molar-refractivity contribution < 1.29 is 38.0 Å². The highest BCUT2D eigenvalue weighted by Gasteiger charge is 2.41. The van der Waals surface area contributed by atoms with Gasteiger partial charge in [0.25, 0.3) is 0 Å². The van der Waals surface area contributed by atoms with Crippen molar-refractivity contribution in [2.45, 2.75) is 252 Å². The van der Waals surface area contributed by atoms with E-state index >= 15 is 0 Å². The van der Waals surface area contributed by atoms with E-state index in [-0.39, 0.29) is 42.7 Å². The minimum Gasteiger partial charge on any atom is -0.444 e. The van der Waals surface area contributed by atoms with Crippen LogP contribution in [0.5, 0.6) is 0 Å². The molecule has 3 aromatic rings. The molecule has 0 radical (unpaired) electrons. The Morgan fingerprint density at radius 2 is 1.05 bits per heavy atom. The van der Waals surface area contributed by atoms with E-state index in [9.17, 15) is 9.59 Å². The topological polar surface area (TPSA) is 114 Å². The summed E-state index contributed by atoms with van der Waals surface area (Å²) in [6.07, 6.45) is 24.4. The molecular weight excluding hydrogens is 937 g/mol. The van der Waals surface area contributed by atoms with E-state index in [1.807, 2.05) is 63.2 Å². The molecule has 1 aliphatic heterocycles. The average molecular weight is 1040 g/mol. The summed E-state index contributed by atoms with van der Waals surface area (Å²) in [7, 11) is 0. The van der Waals surface area contributed by atoms with Gasteiger partial charge in [-0.15, -0.1) is 0 Å². The van der Waals surface area contributed by atoms with E-state index in [0.29, 0.717) is 45.3 Å². The largest absolute Gasteiger partial charge is 0.444 e. The summed E-state index contributed by atoms with van der Waals surface area (Å²) in [4.78, 5) is 26.2. The van der Waals surface area contributed by atoms with Gasteiger partial charge in [-0.1, -0.05) is 241 Å². The van der Waals surface area contributed by atoms with Crippen molar-refractivity contribution in [1.29, 1.82) is 0 Å². The number of alkyl carbamates (subject to hydrolysis) is 1. The highest BCUT2D eigenvalue weighted by molar-refractivity contribution is 5.76. The van der Waals surface area contributed by atoms with Crippen LogP contribution in [-0.4, -0.2) is 68.0 Å². The predicted octanol–water partition coefficient (Wildman–Crippen LogP) is 16.0. The van der Waals surface area contributed by atoms with Crippen LogP contribution in [0.25, 0.3) is 0 Å². The van der Waals surface area contributed by atoms with Crippen LogP contribution < -0.4 is 10.6 Å². The maximum atomic E-state index is 14.2. The van der Waals surface area contributed by atoms with Gasteiger partial charge in [-0.05, 0) is 68.6 Å². The fourth-order valence-electron chi connectivity index (χ4n) is 10.1. The molecular formula is C65H104N2O8. The second kappa shape index (κ2) is 38.7. The number of carbonyl (C=O) groups excluding carboxylic acids is 2. The van der Waals surface area contributed by atoms with Crippen LogP contribution in [0.2, 0.25) is 0 Å². The molecule has 2 amide bonds. The molecule has 0 aromatic heterocycles. The van der Waals surface area contributed by atoms with Gasteiger partial charge in [0, 0.05) is 18.9 Å².